The fourth-order valence-corrected chi connectivity index (χ4v) is 1.37. The van der Waals surface area contributed by atoms with Crippen LogP contribution in [0.1, 0.15) is 32.5 Å². The van der Waals surface area contributed by atoms with Crippen LogP contribution in [0.4, 0.5) is 11.6 Å². The quantitative estimate of drug-likeness (QED) is 0.680. The molecule has 0 aliphatic carbocycles. The number of aromatic nitrogens is 2. The molecule has 1 rings (SSSR count). The van der Waals surface area contributed by atoms with Gasteiger partial charge in [0.25, 0.3) is 0 Å². The molecule has 0 aliphatic rings. The van der Waals surface area contributed by atoms with Crippen LogP contribution in [-0.2, 0) is 11.3 Å². The largest absolute Gasteiger partial charge is 0.374 e. The van der Waals surface area contributed by atoms with Crippen LogP contribution in [0.25, 0.3) is 0 Å². The molecule has 0 unspecified atom stereocenters. The summed E-state index contributed by atoms with van der Waals surface area (Å²) in [5, 5.41) is 6.32. The Bertz CT molecular complexity index is 330. The molecule has 0 aromatic carbocycles. The molecular formula is C12H22N4O. The summed E-state index contributed by atoms with van der Waals surface area (Å²) >= 11 is 0. The fourth-order valence-electron chi connectivity index (χ4n) is 1.37. The SMILES string of the molecule is CCCCNc1cc(NC)nc(COCC)n1. The van der Waals surface area contributed by atoms with Gasteiger partial charge in [-0.25, -0.2) is 9.97 Å². The molecule has 0 atom stereocenters. The summed E-state index contributed by atoms with van der Waals surface area (Å²) in [6.45, 7) is 6.19. The number of hydrogen-bond donors (Lipinski definition) is 2. The third kappa shape index (κ3) is 4.99. The molecule has 96 valence electrons. The maximum Gasteiger partial charge on any atom is 0.158 e. The predicted octanol–water partition coefficient (Wildman–Crippen LogP) is 2.27. The molecule has 0 saturated heterocycles. The molecule has 2 N–H and O–H groups in total. The lowest BCUT2D eigenvalue weighted by Crippen LogP contribution is -2.08. The molecule has 0 amide bonds. The number of unbranched alkanes of at least 4 members (excludes halogenated alkanes) is 1. The van der Waals surface area contributed by atoms with E-state index in [9.17, 15) is 0 Å². The Hall–Kier alpha value is -1.36. The topological polar surface area (TPSA) is 59.1 Å². The summed E-state index contributed by atoms with van der Waals surface area (Å²) in [5.74, 6) is 2.37. The third-order valence-corrected chi connectivity index (χ3v) is 2.30. The summed E-state index contributed by atoms with van der Waals surface area (Å²) in [7, 11) is 1.85. The number of ether oxygens (including phenoxy) is 1. The van der Waals surface area contributed by atoms with Crippen molar-refractivity contribution in [3.8, 4) is 0 Å². The second-order valence-corrected chi connectivity index (χ2v) is 3.72. The highest BCUT2D eigenvalue weighted by atomic mass is 16.5. The lowest BCUT2D eigenvalue weighted by Gasteiger charge is -2.09. The monoisotopic (exact) mass is 238 g/mol. The molecule has 1 heterocycles. The van der Waals surface area contributed by atoms with Gasteiger partial charge in [-0.05, 0) is 13.3 Å². The molecule has 1 aromatic heterocycles. The van der Waals surface area contributed by atoms with Crippen LogP contribution < -0.4 is 10.6 Å². The smallest absolute Gasteiger partial charge is 0.158 e. The van der Waals surface area contributed by atoms with Gasteiger partial charge in [-0.15, -0.1) is 0 Å². The molecule has 5 nitrogen and oxygen atoms in total. The number of nitrogens with one attached hydrogen (secondary N) is 2. The Balaban J connectivity index is 2.67. The third-order valence-electron chi connectivity index (χ3n) is 2.30. The van der Waals surface area contributed by atoms with Crippen LogP contribution >= 0.6 is 0 Å². The Kier molecular flexibility index (Phi) is 6.32. The number of nitrogens with zero attached hydrogens (tertiary/aromatic N) is 2. The average molecular weight is 238 g/mol. The summed E-state index contributed by atoms with van der Waals surface area (Å²) in [5.41, 5.74) is 0. The molecule has 0 aliphatic heterocycles. The Labute approximate surface area is 103 Å². The first-order valence-corrected chi connectivity index (χ1v) is 6.17. The molecule has 0 saturated carbocycles. The molecule has 1 aromatic rings. The molecule has 0 bridgehead atoms. The lowest BCUT2D eigenvalue weighted by atomic mass is 10.3. The zero-order valence-corrected chi connectivity index (χ0v) is 10.9. The minimum atomic E-state index is 0.453. The van der Waals surface area contributed by atoms with Crippen LogP contribution in [0.15, 0.2) is 6.07 Å². The Morgan fingerprint density at radius 1 is 1.24 bits per heavy atom. The summed E-state index contributed by atoms with van der Waals surface area (Å²) in [6, 6.07) is 1.91. The fraction of sp³-hybridized carbons (Fsp3) is 0.667. The van der Waals surface area contributed by atoms with Crippen molar-refractivity contribution in [1.29, 1.82) is 0 Å². The zero-order chi connectivity index (χ0) is 12.5. The van der Waals surface area contributed by atoms with Gasteiger partial charge in [0, 0.05) is 26.3 Å². The molecule has 5 heteroatoms. The van der Waals surface area contributed by atoms with Crippen molar-refractivity contribution in [3.05, 3.63) is 11.9 Å². The summed E-state index contributed by atoms with van der Waals surface area (Å²) in [4.78, 5) is 8.73. The minimum Gasteiger partial charge on any atom is -0.374 e. The molecule has 0 fully saturated rings. The van der Waals surface area contributed by atoms with Gasteiger partial charge in [0.15, 0.2) is 5.82 Å². The second-order valence-electron chi connectivity index (χ2n) is 3.72. The van der Waals surface area contributed by atoms with Gasteiger partial charge in [0.05, 0.1) is 0 Å². The highest BCUT2D eigenvalue weighted by molar-refractivity contribution is 5.47. The first-order chi connectivity index (χ1) is 8.30. The van der Waals surface area contributed by atoms with Crippen molar-refractivity contribution in [2.45, 2.75) is 33.3 Å². The van der Waals surface area contributed by atoms with Crippen molar-refractivity contribution in [3.63, 3.8) is 0 Å². The number of rotatable bonds is 8. The maximum absolute atomic E-state index is 5.32. The number of hydrogen-bond acceptors (Lipinski definition) is 5. The molecule has 0 radical (unpaired) electrons. The van der Waals surface area contributed by atoms with Crippen molar-refractivity contribution >= 4 is 11.6 Å². The van der Waals surface area contributed by atoms with Crippen molar-refractivity contribution in [1.82, 2.24) is 9.97 Å². The van der Waals surface area contributed by atoms with Gasteiger partial charge in [0.2, 0.25) is 0 Å². The maximum atomic E-state index is 5.32. The summed E-state index contributed by atoms with van der Waals surface area (Å²) < 4.78 is 5.32. The van der Waals surface area contributed by atoms with Crippen LogP contribution in [0.2, 0.25) is 0 Å². The van der Waals surface area contributed by atoms with Crippen LogP contribution in [0.3, 0.4) is 0 Å². The van der Waals surface area contributed by atoms with E-state index in [2.05, 4.69) is 27.5 Å². The van der Waals surface area contributed by atoms with Gasteiger partial charge < -0.3 is 15.4 Å². The van der Waals surface area contributed by atoms with Gasteiger partial charge in [-0.3, -0.25) is 0 Å². The molecule has 17 heavy (non-hydrogen) atoms. The van der Waals surface area contributed by atoms with Crippen molar-refractivity contribution in [2.24, 2.45) is 0 Å². The number of anilines is 2. The normalized spacial score (nSPS) is 10.3. The Morgan fingerprint density at radius 2 is 2.00 bits per heavy atom. The molecular weight excluding hydrogens is 216 g/mol. The van der Waals surface area contributed by atoms with Crippen LogP contribution in [0.5, 0.6) is 0 Å². The van der Waals surface area contributed by atoms with E-state index in [0.717, 1.165) is 24.6 Å². The van der Waals surface area contributed by atoms with E-state index >= 15 is 0 Å². The van der Waals surface area contributed by atoms with Crippen LogP contribution in [-0.4, -0.2) is 30.2 Å². The van der Waals surface area contributed by atoms with E-state index in [0.29, 0.717) is 19.0 Å². The van der Waals surface area contributed by atoms with Gasteiger partial charge in [-0.1, -0.05) is 13.3 Å². The van der Waals surface area contributed by atoms with Gasteiger partial charge in [-0.2, -0.15) is 0 Å². The first kappa shape index (κ1) is 13.7. The summed E-state index contributed by atoms with van der Waals surface area (Å²) in [6.07, 6.45) is 2.31. The van der Waals surface area contributed by atoms with Crippen molar-refractivity contribution in [2.75, 3.05) is 30.8 Å². The zero-order valence-electron chi connectivity index (χ0n) is 10.9. The highest BCUT2D eigenvalue weighted by Crippen LogP contribution is 2.11. The highest BCUT2D eigenvalue weighted by Gasteiger charge is 2.03. The first-order valence-electron chi connectivity index (χ1n) is 6.17. The lowest BCUT2D eigenvalue weighted by molar-refractivity contribution is 0.128. The van der Waals surface area contributed by atoms with E-state index in [-0.39, 0.29) is 0 Å². The molecule has 0 spiro atoms. The van der Waals surface area contributed by atoms with Crippen LogP contribution in [0, 0.1) is 0 Å². The average Bonchev–Trinajstić information content (AvgIpc) is 2.36. The predicted molar refractivity (Wildman–Crippen MR) is 70.3 cm³/mol. The van der Waals surface area contributed by atoms with E-state index in [4.69, 9.17) is 4.74 Å². The van der Waals surface area contributed by atoms with E-state index in [1.807, 2.05) is 20.0 Å². The standard InChI is InChI=1S/C12H22N4O/c1-4-6-7-14-11-8-10(13-3)15-12(16-11)9-17-5-2/h8H,4-7,9H2,1-3H3,(H2,13,14,15,16). The van der Waals surface area contributed by atoms with E-state index in [1.54, 1.807) is 0 Å². The van der Waals surface area contributed by atoms with Crippen molar-refractivity contribution < 1.29 is 4.74 Å². The second kappa shape index (κ2) is 7.84. The van der Waals surface area contributed by atoms with E-state index < -0.39 is 0 Å². The van der Waals surface area contributed by atoms with Gasteiger partial charge in [0.1, 0.15) is 18.2 Å². The van der Waals surface area contributed by atoms with E-state index in [1.165, 1.54) is 6.42 Å². The van der Waals surface area contributed by atoms with Gasteiger partial charge >= 0.3 is 0 Å². The Morgan fingerprint density at radius 3 is 2.65 bits per heavy atom. The minimum absolute atomic E-state index is 0.453.